The fraction of sp³-hybridized carbons (Fsp3) is 0.222. The molecule has 1 atom stereocenters. The second kappa shape index (κ2) is 16.5. The smallest absolute Gasteiger partial charge is 0.309 e. The molecule has 0 aliphatic rings. The van der Waals surface area contributed by atoms with Gasteiger partial charge in [0.15, 0.2) is 0 Å². The molecule has 2 aromatic carbocycles. The van der Waals surface area contributed by atoms with Gasteiger partial charge in [0, 0.05) is 19.6 Å². The second-order valence-corrected chi connectivity index (χ2v) is 10.8. The standard InChI is InChI=1S/C9H8BrClO4S.C9H9BrO2.ClHO3S/c1-15-9(12)5-6-2-3-7(10)8(4-6)16(11,13)14;1-12-9(11)6-7-2-4-8(10)5-3-7;1-4-5(2)3/h2-4H,5H2,1H3;2-5H,6H2,1H3;(H,2,3)/p-1. The predicted molar refractivity (Wildman–Crippen MR) is 129 cm³/mol. The number of ether oxygens (including phenoxy) is 2. The van der Waals surface area contributed by atoms with E-state index in [2.05, 4.69) is 56.9 Å². The zero-order valence-corrected chi connectivity index (χ0v) is 23.3. The molecular formula is C18H17Br2Cl2O9S2-. The normalized spacial score (nSPS) is 11.1. The SMILES string of the molecule is COC(=O)Cc1ccc(Br)c(S(=O)(=O)Cl)c1.COC(=O)Cc1ccc(Br)cc1.O=S([O-])OCl. The number of carbonyl (C=O) groups excluding carboxylic acids is 2. The van der Waals surface area contributed by atoms with Crippen molar-refractivity contribution < 1.29 is 40.0 Å². The lowest BCUT2D eigenvalue weighted by Gasteiger charge is -2.04. The molecule has 0 spiro atoms. The van der Waals surface area contributed by atoms with Crippen molar-refractivity contribution in [2.45, 2.75) is 17.7 Å². The summed E-state index contributed by atoms with van der Waals surface area (Å²) in [7, 11) is 4.06. The van der Waals surface area contributed by atoms with Crippen LogP contribution in [-0.4, -0.2) is 43.3 Å². The molecule has 0 heterocycles. The minimum atomic E-state index is -3.83. The molecule has 0 bridgehead atoms. The molecule has 0 aliphatic heterocycles. The minimum absolute atomic E-state index is 0.00316. The fourth-order valence-corrected chi connectivity index (χ4v) is 4.33. The van der Waals surface area contributed by atoms with Gasteiger partial charge in [-0.15, -0.1) is 0 Å². The Kier molecular flexibility index (Phi) is 16.0. The maximum atomic E-state index is 11.2. The van der Waals surface area contributed by atoms with Crippen LogP contribution < -0.4 is 0 Å². The number of rotatable bonds is 6. The van der Waals surface area contributed by atoms with Gasteiger partial charge in [-0.3, -0.25) is 9.59 Å². The van der Waals surface area contributed by atoms with Crippen molar-refractivity contribution in [3.05, 3.63) is 62.5 Å². The van der Waals surface area contributed by atoms with Crippen LogP contribution in [0.1, 0.15) is 11.1 Å². The Balaban J connectivity index is 0.000000530. The van der Waals surface area contributed by atoms with Gasteiger partial charge in [0.25, 0.3) is 9.05 Å². The highest BCUT2D eigenvalue weighted by atomic mass is 79.9. The molecule has 184 valence electrons. The molecule has 0 saturated carbocycles. The molecule has 0 amide bonds. The number of esters is 2. The Bertz CT molecular complexity index is 1050. The van der Waals surface area contributed by atoms with Crippen molar-refractivity contribution >= 4 is 86.8 Å². The summed E-state index contributed by atoms with van der Waals surface area (Å²) in [4.78, 5) is 21.8. The summed E-state index contributed by atoms with van der Waals surface area (Å²) in [5.41, 5.74) is 1.49. The zero-order valence-electron chi connectivity index (χ0n) is 17.0. The molecule has 0 radical (unpaired) electrons. The first-order valence-corrected chi connectivity index (χ1v) is 13.5. The Morgan fingerprint density at radius 3 is 1.79 bits per heavy atom. The molecule has 0 saturated heterocycles. The topological polar surface area (TPSA) is 136 Å². The minimum Gasteiger partial charge on any atom is -0.749 e. The molecule has 0 aromatic heterocycles. The molecule has 9 nitrogen and oxygen atoms in total. The van der Waals surface area contributed by atoms with Gasteiger partial charge in [-0.25, -0.2) is 12.6 Å². The molecule has 2 aromatic rings. The van der Waals surface area contributed by atoms with Gasteiger partial charge in [-0.1, -0.05) is 34.1 Å². The Morgan fingerprint density at radius 2 is 1.39 bits per heavy atom. The maximum Gasteiger partial charge on any atom is 0.309 e. The molecule has 0 aliphatic carbocycles. The van der Waals surface area contributed by atoms with E-state index in [9.17, 15) is 18.0 Å². The highest BCUT2D eigenvalue weighted by Gasteiger charge is 2.16. The van der Waals surface area contributed by atoms with E-state index in [1.54, 1.807) is 6.07 Å². The summed E-state index contributed by atoms with van der Waals surface area (Å²) in [6, 6.07) is 12.1. The van der Waals surface area contributed by atoms with Crippen LogP contribution in [0.25, 0.3) is 0 Å². The molecule has 1 unspecified atom stereocenters. The first-order valence-electron chi connectivity index (χ1n) is 8.33. The number of hydrogen-bond acceptors (Lipinski definition) is 9. The van der Waals surface area contributed by atoms with Gasteiger partial charge in [-0.05, 0) is 51.3 Å². The predicted octanol–water partition coefficient (Wildman–Crippen LogP) is 4.21. The monoisotopic (exact) mass is 669 g/mol. The average Bonchev–Trinajstić information content (AvgIpc) is 2.76. The summed E-state index contributed by atoms with van der Waals surface area (Å²) in [6.07, 6.45) is 0.340. The van der Waals surface area contributed by atoms with Crippen molar-refractivity contribution in [3.8, 4) is 0 Å². The second-order valence-electron chi connectivity index (χ2n) is 5.60. The summed E-state index contributed by atoms with van der Waals surface area (Å²) in [5.74, 6) is -0.655. The Hall–Kier alpha value is -1.06. The zero-order chi connectivity index (χ0) is 25.6. The summed E-state index contributed by atoms with van der Waals surface area (Å²) in [6.45, 7) is 0. The number of benzene rings is 2. The van der Waals surface area contributed by atoms with Crippen LogP contribution in [0.15, 0.2) is 56.3 Å². The Morgan fingerprint density at radius 1 is 0.970 bits per heavy atom. The van der Waals surface area contributed by atoms with Crippen molar-refractivity contribution in [1.82, 2.24) is 0 Å². The van der Waals surface area contributed by atoms with Crippen LogP contribution in [0.5, 0.6) is 0 Å². The lowest BCUT2D eigenvalue weighted by Crippen LogP contribution is -2.05. The van der Waals surface area contributed by atoms with Crippen molar-refractivity contribution in [2.24, 2.45) is 0 Å². The summed E-state index contributed by atoms with van der Waals surface area (Å²) >= 11 is 8.05. The molecule has 33 heavy (non-hydrogen) atoms. The largest absolute Gasteiger partial charge is 0.749 e. The van der Waals surface area contributed by atoms with Gasteiger partial charge in [-0.2, -0.15) is 3.74 Å². The maximum absolute atomic E-state index is 11.2. The molecular weight excluding hydrogens is 655 g/mol. The number of hydrogen-bond donors (Lipinski definition) is 0. The van der Waals surface area contributed by atoms with E-state index < -0.39 is 26.4 Å². The van der Waals surface area contributed by atoms with E-state index >= 15 is 0 Å². The number of methoxy groups -OCH3 is 2. The van der Waals surface area contributed by atoms with E-state index in [0.29, 0.717) is 16.5 Å². The lowest BCUT2D eigenvalue weighted by atomic mass is 10.1. The molecule has 2 rings (SSSR count). The first-order chi connectivity index (χ1) is 15.3. The van der Waals surface area contributed by atoms with Crippen LogP contribution in [0, 0.1) is 0 Å². The third-order valence-corrected chi connectivity index (χ3v) is 6.63. The van der Waals surface area contributed by atoms with Crippen LogP contribution in [0.3, 0.4) is 0 Å². The summed E-state index contributed by atoms with van der Waals surface area (Å²) in [5, 5.41) is 0. The van der Waals surface area contributed by atoms with Gasteiger partial charge in [0.1, 0.15) is 11.4 Å². The van der Waals surface area contributed by atoms with Gasteiger partial charge in [0.05, 0.1) is 43.8 Å². The van der Waals surface area contributed by atoms with Gasteiger partial charge >= 0.3 is 11.9 Å². The number of carbonyl (C=O) groups is 2. The summed E-state index contributed by atoms with van der Waals surface area (Å²) < 4.78 is 53.9. The van der Waals surface area contributed by atoms with Crippen molar-refractivity contribution in [2.75, 3.05) is 14.2 Å². The molecule has 0 fully saturated rings. The molecule has 0 N–H and O–H groups in total. The fourth-order valence-electron chi connectivity index (χ4n) is 1.92. The third kappa shape index (κ3) is 14.7. The van der Waals surface area contributed by atoms with E-state index in [0.717, 1.165) is 10.0 Å². The van der Waals surface area contributed by atoms with E-state index in [4.69, 9.17) is 19.4 Å². The number of halogens is 4. The third-order valence-electron chi connectivity index (χ3n) is 3.38. The van der Waals surface area contributed by atoms with E-state index in [1.165, 1.54) is 26.4 Å². The molecule has 15 heteroatoms. The highest BCUT2D eigenvalue weighted by Crippen LogP contribution is 2.26. The first kappa shape index (κ1) is 31.9. The van der Waals surface area contributed by atoms with Gasteiger partial charge in [0.2, 0.25) is 0 Å². The van der Waals surface area contributed by atoms with E-state index in [-0.39, 0.29) is 17.3 Å². The van der Waals surface area contributed by atoms with Crippen molar-refractivity contribution in [1.29, 1.82) is 0 Å². The average molecular weight is 672 g/mol. The highest BCUT2D eigenvalue weighted by molar-refractivity contribution is 9.10. The van der Waals surface area contributed by atoms with Crippen molar-refractivity contribution in [3.63, 3.8) is 0 Å². The van der Waals surface area contributed by atoms with Crippen LogP contribution in [-0.2, 0) is 56.1 Å². The lowest BCUT2D eigenvalue weighted by molar-refractivity contribution is -0.140. The van der Waals surface area contributed by atoms with Crippen LogP contribution in [0.2, 0.25) is 0 Å². The van der Waals surface area contributed by atoms with Crippen LogP contribution >= 0.6 is 54.4 Å². The van der Waals surface area contributed by atoms with Gasteiger partial charge < -0.3 is 14.0 Å². The Labute approximate surface area is 220 Å². The van der Waals surface area contributed by atoms with Crippen LogP contribution in [0.4, 0.5) is 0 Å². The quantitative estimate of drug-likeness (QED) is 0.251. The van der Waals surface area contributed by atoms with E-state index in [1.807, 2.05) is 24.3 Å².